The van der Waals surface area contributed by atoms with Crippen LogP contribution in [0.1, 0.15) is 56.1 Å². The number of hydrogen-bond donors (Lipinski definition) is 1. The molecule has 5 heteroatoms. The van der Waals surface area contributed by atoms with E-state index in [9.17, 15) is 0 Å². The first-order valence-corrected chi connectivity index (χ1v) is 11.7. The number of nitrogens with zero attached hydrogens (tertiary/aromatic N) is 4. The Kier molecular flexibility index (Phi) is 5.48. The molecule has 1 aliphatic rings. The number of H-pyrrole nitrogens is 1. The van der Waals surface area contributed by atoms with Crippen molar-refractivity contribution in [1.29, 1.82) is 5.26 Å². The van der Waals surface area contributed by atoms with E-state index in [1.54, 1.807) is 0 Å². The minimum absolute atomic E-state index is 0.411. The molecule has 0 saturated carbocycles. The van der Waals surface area contributed by atoms with Crippen molar-refractivity contribution >= 4 is 21.9 Å². The average Bonchev–Trinajstić information content (AvgIpc) is 3.35. The highest BCUT2D eigenvalue weighted by Crippen LogP contribution is 2.40. The van der Waals surface area contributed by atoms with E-state index in [1.165, 1.54) is 51.5 Å². The van der Waals surface area contributed by atoms with Crippen LogP contribution in [0.2, 0.25) is 0 Å². The second-order valence-electron chi connectivity index (χ2n) is 9.43. The van der Waals surface area contributed by atoms with E-state index in [-0.39, 0.29) is 0 Å². The van der Waals surface area contributed by atoms with Crippen LogP contribution in [0, 0.1) is 11.3 Å². The number of aromatic nitrogens is 3. The van der Waals surface area contributed by atoms with E-state index in [0.29, 0.717) is 18.3 Å². The third kappa shape index (κ3) is 3.59. The molecule has 0 aliphatic carbocycles. The van der Waals surface area contributed by atoms with E-state index in [0.717, 1.165) is 25.3 Å². The Bertz CT molecular complexity index is 1300. The van der Waals surface area contributed by atoms with Gasteiger partial charge in [-0.3, -0.25) is 0 Å². The Hall–Kier alpha value is -3.10. The Morgan fingerprint density at radius 2 is 2.00 bits per heavy atom. The Morgan fingerprint density at radius 1 is 1.19 bits per heavy atom. The predicted molar refractivity (Wildman–Crippen MR) is 131 cm³/mol. The molecule has 1 aromatic carbocycles. The maximum Gasteiger partial charge on any atom is 0.140 e. The standard InChI is InChI=1S/C27H31N5/c1-18(2)25-22-16-20(19-9-14-32(15-10-19)13-5-11-28)7-8-24(22)30-26(25)23-17-31(3)27-21(23)6-4-12-29-27/h4,6-8,12,16-19,30H,5,9-10,13-15H2,1-3H3. The lowest BCUT2D eigenvalue weighted by Crippen LogP contribution is -2.33. The second kappa shape index (κ2) is 8.44. The fourth-order valence-electron chi connectivity index (χ4n) is 5.41. The molecule has 0 unspecified atom stereocenters. The van der Waals surface area contributed by atoms with Gasteiger partial charge in [0.05, 0.1) is 11.8 Å². The summed E-state index contributed by atoms with van der Waals surface area (Å²) in [5.74, 6) is 1.01. The largest absolute Gasteiger partial charge is 0.354 e. The van der Waals surface area contributed by atoms with E-state index >= 15 is 0 Å². The van der Waals surface area contributed by atoms with Crippen LogP contribution in [-0.2, 0) is 7.05 Å². The Balaban J connectivity index is 1.53. The summed E-state index contributed by atoms with van der Waals surface area (Å²) in [7, 11) is 2.07. The van der Waals surface area contributed by atoms with Crippen LogP contribution in [0.5, 0.6) is 0 Å². The molecular formula is C27H31N5. The topological polar surface area (TPSA) is 60.6 Å². The van der Waals surface area contributed by atoms with Crippen LogP contribution in [0.25, 0.3) is 33.2 Å². The fourth-order valence-corrected chi connectivity index (χ4v) is 5.41. The molecule has 1 saturated heterocycles. The van der Waals surface area contributed by atoms with E-state index in [2.05, 4.69) is 76.9 Å². The van der Waals surface area contributed by atoms with Crippen LogP contribution in [0.4, 0.5) is 0 Å². The third-order valence-electron chi connectivity index (χ3n) is 7.04. The normalized spacial score (nSPS) is 15.7. The summed E-state index contributed by atoms with van der Waals surface area (Å²) in [4.78, 5) is 10.8. The van der Waals surface area contributed by atoms with Crippen molar-refractivity contribution in [3.8, 4) is 17.3 Å². The second-order valence-corrected chi connectivity index (χ2v) is 9.43. The highest BCUT2D eigenvalue weighted by atomic mass is 15.1. The van der Waals surface area contributed by atoms with Crippen molar-refractivity contribution in [2.75, 3.05) is 19.6 Å². The summed E-state index contributed by atoms with van der Waals surface area (Å²) in [6, 6.07) is 13.5. The van der Waals surface area contributed by atoms with Gasteiger partial charge in [0.2, 0.25) is 0 Å². The summed E-state index contributed by atoms with van der Waals surface area (Å²) < 4.78 is 2.12. The number of piperidine rings is 1. The third-order valence-corrected chi connectivity index (χ3v) is 7.04. The highest BCUT2D eigenvalue weighted by molar-refractivity contribution is 5.99. The molecule has 5 rings (SSSR count). The van der Waals surface area contributed by atoms with E-state index in [4.69, 9.17) is 5.26 Å². The molecule has 0 bridgehead atoms. The first-order valence-electron chi connectivity index (χ1n) is 11.7. The van der Waals surface area contributed by atoms with Crippen molar-refractivity contribution in [1.82, 2.24) is 19.4 Å². The predicted octanol–water partition coefficient (Wildman–Crippen LogP) is 5.94. The number of benzene rings is 1. The zero-order valence-electron chi connectivity index (χ0n) is 19.2. The zero-order chi connectivity index (χ0) is 22.2. The maximum absolute atomic E-state index is 8.86. The number of likely N-dealkylation sites (tertiary alicyclic amines) is 1. The molecule has 0 amide bonds. The lowest BCUT2D eigenvalue weighted by Gasteiger charge is -2.31. The summed E-state index contributed by atoms with van der Waals surface area (Å²) >= 11 is 0. The molecular weight excluding hydrogens is 394 g/mol. The van der Waals surface area contributed by atoms with Gasteiger partial charge in [0.25, 0.3) is 0 Å². The maximum atomic E-state index is 8.86. The lowest BCUT2D eigenvalue weighted by atomic mass is 9.87. The number of hydrogen-bond acceptors (Lipinski definition) is 3. The quantitative estimate of drug-likeness (QED) is 0.430. The van der Waals surface area contributed by atoms with Gasteiger partial charge in [0.1, 0.15) is 5.65 Å². The van der Waals surface area contributed by atoms with Gasteiger partial charge in [-0.15, -0.1) is 0 Å². The number of rotatable bonds is 5. The smallest absolute Gasteiger partial charge is 0.140 e. The minimum atomic E-state index is 0.411. The molecule has 3 aromatic heterocycles. The van der Waals surface area contributed by atoms with Gasteiger partial charge in [0, 0.05) is 54.3 Å². The molecule has 32 heavy (non-hydrogen) atoms. The number of aryl methyl sites for hydroxylation is 1. The molecule has 164 valence electrons. The summed E-state index contributed by atoms with van der Waals surface area (Å²) in [5, 5.41) is 11.4. The van der Waals surface area contributed by atoms with Gasteiger partial charge in [0.15, 0.2) is 0 Å². The molecule has 1 N–H and O–H groups in total. The van der Waals surface area contributed by atoms with Crippen LogP contribution in [-0.4, -0.2) is 39.1 Å². The molecule has 1 fully saturated rings. The Labute approximate surface area is 189 Å². The number of nitrogens with one attached hydrogen (secondary N) is 1. The van der Waals surface area contributed by atoms with Crippen LogP contribution in [0.15, 0.2) is 42.7 Å². The van der Waals surface area contributed by atoms with Crippen molar-refractivity contribution in [3.05, 3.63) is 53.9 Å². The first kappa shape index (κ1) is 20.8. The zero-order valence-corrected chi connectivity index (χ0v) is 19.2. The molecule has 4 aromatic rings. The van der Waals surface area contributed by atoms with Crippen molar-refractivity contribution in [2.45, 2.75) is 44.9 Å². The monoisotopic (exact) mass is 425 g/mol. The lowest BCUT2D eigenvalue weighted by molar-refractivity contribution is 0.216. The van der Waals surface area contributed by atoms with Crippen LogP contribution in [0.3, 0.4) is 0 Å². The van der Waals surface area contributed by atoms with E-state index < -0.39 is 0 Å². The molecule has 0 atom stereocenters. The van der Waals surface area contributed by atoms with Gasteiger partial charge in [-0.1, -0.05) is 19.9 Å². The summed E-state index contributed by atoms with van der Waals surface area (Å²) in [6.45, 7) is 7.65. The highest BCUT2D eigenvalue weighted by Gasteiger charge is 2.23. The van der Waals surface area contributed by atoms with Gasteiger partial charge >= 0.3 is 0 Å². The molecule has 1 aliphatic heterocycles. The molecule has 4 heterocycles. The van der Waals surface area contributed by atoms with Gasteiger partial charge in [-0.2, -0.15) is 5.26 Å². The first-order chi connectivity index (χ1) is 15.6. The van der Waals surface area contributed by atoms with E-state index in [1.807, 2.05) is 12.3 Å². The molecule has 5 nitrogen and oxygen atoms in total. The number of fused-ring (bicyclic) bond motifs is 2. The summed E-state index contributed by atoms with van der Waals surface area (Å²) in [5.41, 5.74) is 7.51. The average molecular weight is 426 g/mol. The minimum Gasteiger partial charge on any atom is -0.354 e. The fraction of sp³-hybridized carbons (Fsp3) is 0.407. The SMILES string of the molecule is CC(C)c1c(-c2cn(C)c3ncccc23)[nH]c2ccc(C3CCN(CCC#N)CC3)cc12. The van der Waals surface area contributed by atoms with Crippen LogP contribution < -0.4 is 0 Å². The Morgan fingerprint density at radius 3 is 2.75 bits per heavy atom. The van der Waals surface area contributed by atoms with Crippen molar-refractivity contribution in [2.24, 2.45) is 7.05 Å². The van der Waals surface area contributed by atoms with Gasteiger partial charge < -0.3 is 14.5 Å². The van der Waals surface area contributed by atoms with Crippen molar-refractivity contribution in [3.63, 3.8) is 0 Å². The molecule has 0 spiro atoms. The van der Waals surface area contributed by atoms with Crippen LogP contribution >= 0.6 is 0 Å². The number of pyridine rings is 1. The van der Waals surface area contributed by atoms with Crippen molar-refractivity contribution < 1.29 is 0 Å². The van der Waals surface area contributed by atoms with Gasteiger partial charge in [-0.05, 0) is 73.2 Å². The number of aromatic amines is 1. The summed E-state index contributed by atoms with van der Waals surface area (Å²) in [6.07, 6.45) is 7.02. The number of nitriles is 1. The van der Waals surface area contributed by atoms with Gasteiger partial charge in [-0.25, -0.2) is 4.98 Å². The molecule has 0 radical (unpaired) electrons.